The molecule has 0 aliphatic heterocycles. The van der Waals surface area contributed by atoms with Gasteiger partial charge < -0.3 is 0 Å². The van der Waals surface area contributed by atoms with E-state index in [1.54, 1.807) is 22.3 Å². The van der Waals surface area contributed by atoms with Crippen molar-refractivity contribution < 1.29 is 0 Å². The van der Waals surface area contributed by atoms with Crippen LogP contribution < -0.4 is 0 Å². The molecule has 0 spiro atoms. The second-order valence-electron chi connectivity index (χ2n) is 5.17. The molecule has 2 unspecified atom stereocenters. The Balaban J connectivity index is 2.46. The second-order valence-corrected chi connectivity index (χ2v) is 5.17. The third-order valence-corrected chi connectivity index (χ3v) is 4.65. The molecule has 2 aliphatic rings. The Bertz CT molecular complexity index is 285. The van der Waals surface area contributed by atoms with E-state index < -0.39 is 0 Å². The zero-order chi connectivity index (χ0) is 11.0. The van der Waals surface area contributed by atoms with Crippen molar-refractivity contribution in [1.82, 2.24) is 0 Å². The first-order valence-electron chi connectivity index (χ1n) is 6.60. The summed E-state index contributed by atoms with van der Waals surface area (Å²) in [5.74, 6) is 1.80. The summed E-state index contributed by atoms with van der Waals surface area (Å²) in [4.78, 5) is 0. The van der Waals surface area contributed by atoms with E-state index in [2.05, 4.69) is 27.7 Å². The zero-order valence-corrected chi connectivity index (χ0v) is 10.7. The standard InChI is InChI=1S/C15H24/c1-5-12-10(3)14-8-7-9-15(14)11(4)13(12)6-2/h14-15H,5-9H2,1-4H3. The molecular weight excluding hydrogens is 180 g/mol. The summed E-state index contributed by atoms with van der Waals surface area (Å²) < 4.78 is 0. The third kappa shape index (κ3) is 1.58. The van der Waals surface area contributed by atoms with Crippen LogP contribution >= 0.6 is 0 Å². The molecule has 2 atom stereocenters. The van der Waals surface area contributed by atoms with E-state index in [1.165, 1.54) is 32.1 Å². The molecular formula is C15H24. The Morgan fingerprint density at radius 3 is 1.60 bits per heavy atom. The van der Waals surface area contributed by atoms with E-state index in [-0.39, 0.29) is 0 Å². The molecule has 2 rings (SSSR count). The number of rotatable bonds is 2. The fraction of sp³-hybridized carbons (Fsp3) is 0.733. The van der Waals surface area contributed by atoms with Gasteiger partial charge in [0.1, 0.15) is 0 Å². The van der Waals surface area contributed by atoms with Crippen molar-refractivity contribution >= 4 is 0 Å². The van der Waals surface area contributed by atoms with Crippen molar-refractivity contribution in [2.24, 2.45) is 11.8 Å². The average Bonchev–Trinajstić information content (AvgIpc) is 2.72. The highest BCUT2D eigenvalue weighted by atomic mass is 14.4. The van der Waals surface area contributed by atoms with Gasteiger partial charge in [-0.1, -0.05) is 31.4 Å². The highest BCUT2D eigenvalue weighted by Crippen LogP contribution is 2.48. The van der Waals surface area contributed by atoms with Crippen molar-refractivity contribution in [2.75, 3.05) is 0 Å². The summed E-state index contributed by atoms with van der Waals surface area (Å²) in [6.07, 6.45) is 6.78. The van der Waals surface area contributed by atoms with Crippen LogP contribution in [-0.2, 0) is 0 Å². The Morgan fingerprint density at radius 2 is 1.27 bits per heavy atom. The lowest BCUT2D eigenvalue weighted by Crippen LogP contribution is -2.19. The predicted octanol–water partition coefficient (Wildman–Crippen LogP) is 4.87. The van der Waals surface area contributed by atoms with E-state index >= 15 is 0 Å². The van der Waals surface area contributed by atoms with Crippen molar-refractivity contribution in [2.45, 2.75) is 59.8 Å². The lowest BCUT2D eigenvalue weighted by atomic mass is 9.73. The van der Waals surface area contributed by atoms with Crippen molar-refractivity contribution in [3.63, 3.8) is 0 Å². The van der Waals surface area contributed by atoms with Gasteiger partial charge in [0.25, 0.3) is 0 Å². The van der Waals surface area contributed by atoms with Gasteiger partial charge in [0, 0.05) is 0 Å². The molecule has 0 aromatic heterocycles. The third-order valence-electron chi connectivity index (χ3n) is 4.65. The van der Waals surface area contributed by atoms with Crippen LogP contribution in [0.25, 0.3) is 0 Å². The van der Waals surface area contributed by atoms with Gasteiger partial charge in [-0.2, -0.15) is 0 Å². The van der Waals surface area contributed by atoms with Crippen LogP contribution in [0, 0.1) is 11.8 Å². The topological polar surface area (TPSA) is 0 Å². The quantitative estimate of drug-likeness (QED) is 0.602. The molecule has 0 aromatic rings. The Kier molecular flexibility index (Phi) is 3.04. The van der Waals surface area contributed by atoms with Gasteiger partial charge in [0.05, 0.1) is 0 Å². The molecule has 1 fully saturated rings. The van der Waals surface area contributed by atoms with Gasteiger partial charge in [-0.25, -0.2) is 0 Å². The highest BCUT2D eigenvalue weighted by Gasteiger charge is 2.35. The number of hydrogen-bond acceptors (Lipinski definition) is 0. The average molecular weight is 204 g/mol. The SMILES string of the molecule is CCC1=C(C)C2CCCC2C(C)=C1CC. The summed E-state index contributed by atoms with van der Waals surface area (Å²) in [5.41, 5.74) is 6.83. The molecule has 15 heavy (non-hydrogen) atoms. The molecule has 1 saturated carbocycles. The monoisotopic (exact) mass is 204 g/mol. The van der Waals surface area contributed by atoms with Crippen LogP contribution in [0.3, 0.4) is 0 Å². The van der Waals surface area contributed by atoms with Crippen LogP contribution in [-0.4, -0.2) is 0 Å². The Hall–Kier alpha value is -0.520. The largest absolute Gasteiger partial charge is 0.0662 e. The van der Waals surface area contributed by atoms with Crippen LogP contribution in [0.5, 0.6) is 0 Å². The molecule has 0 radical (unpaired) electrons. The van der Waals surface area contributed by atoms with E-state index in [0.717, 1.165) is 11.8 Å². The molecule has 0 heteroatoms. The molecule has 0 nitrogen and oxygen atoms in total. The van der Waals surface area contributed by atoms with E-state index in [1.807, 2.05) is 0 Å². The number of hydrogen-bond donors (Lipinski definition) is 0. The minimum Gasteiger partial charge on any atom is -0.0662 e. The van der Waals surface area contributed by atoms with Gasteiger partial charge in [-0.3, -0.25) is 0 Å². The van der Waals surface area contributed by atoms with E-state index in [9.17, 15) is 0 Å². The van der Waals surface area contributed by atoms with Gasteiger partial charge >= 0.3 is 0 Å². The van der Waals surface area contributed by atoms with Crippen LogP contribution in [0.2, 0.25) is 0 Å². The summed E-state index contributed by atoms with van der Waals surface area (Å²) in [6, 6.07) is 0. The van der Waals surface area contributed by atoms with Crippen LogP contribution in [0.1, 0.15) is 59.8 Å². The molecule has 2 aliphatic carbocycles. The van der Waals surface area contributed by atoms with Gasteiger partial charge in [-0.15, -0.1) is 0 Å². The zero-order valence-electron chi connectivity index (χ0n) is 10.7. The van der Waals surface area contributed by atoms with Crippen molar-refractivity contribution in [3.8, 4) is 0 Å². The molecule has 0 heterocycles. The Labute approximate surface area is 94.5 Å². The minimum absolute atomic E-state index is 0.898. The minimum atomic E-state index is 0.898. The summed E-state index contributed by atoms with van der Waals surface area (Å²) >= 11 is 0. The Morgan fingerprint density at radius 1 is 0.867 bits per heavy atom. The van der Waals surface area contributed by atoms with Crippen molar-refractivity contribution in [3.05, 3.63) is 22.3 Å². The van der Waals surface area contributed by atoms with Gasteiger partial charge in [0.15, 0.2) is 0 Å². The summed E-state index contributed by atoms with van der Waals surface area (Å²) in [7, 11) is 0. The molecule has 0 bridgehead atoms. The molecule has 0 N–H and O–H groups in total. The highest BCUT2D eigenvalue weighted by molar-refractivity contribution is 5.44. The fourth-order valence-corrected chi connectivity index (χ4v) is 3.90. The second kappa shape index (κ2) is 4.15. The van der Waals surface area contributed by atoms with Crippen molar-refractivity contribution in [1.29, 1.82) is 0 Å². The van der Waals surface area contributed by atoms with Gasteiger partial charge in [0.2, 0.25) is 0 Å². The lowest BCUT2D eigenvalue weighted by Gasteiger charge is -2.32. The van der Waals surface area contributed by atoms with E-state index in [4.69, 9.17) is 0 Å². The van der Waals surface area contributed by atoms with Crippen LogP contribution in [0.15, 0.2) is 22.3 Å². The molecule has 0 aromatic carbocycles. The first-order chi connectivity index (χ1) is 7.20. The maximum atomic E-state index is 2.39. The first-order valence-corrected chi connectivity index (χ1v) is 6.60. The molecule has 84 valence electrons. The number of allylic oxidation sites excluding steroid dienone is 4. The first kappa shape index (κ1) is 11.0. The lowest BCUT2D eigenvalue weighted by molar-refractivity contribution is 0.481. The number of fused-ring (bicyclic) bond motifs is 1. The normalized spacial score (nSPS) is 31.2. The maximum Gasteiger partial charge on any atom is -0.0134 e. The summed E-state index contributed by atoms with van der Waals surface area (Å²) in [5, 5.41) is 0. The molecule has 0 amide bonds. The predicted molar refractivity (Wildman–Crippen MR) is 66.8 cm³/mol. The fourth-order valence-electron chi connectivity index (χ4n) is 3.90. The van der Waals surface area contributed by atoms with Gasteiger partial charge in [-0.05, 0) is 62.5 Å². The van der Waals surface area contributed by atoms with Crippen LogP contribution in [0.4, 0.5) is 0 Å². The molecule has 0 saturated heterocycles. The van der Waals surface area contributed by atoms with E-state index in [0.29, 0.717) is 0 Å². The maximum absolute atomic E-state index is 2.39. The summed E-state index contributed by atoms with van der Waals surface area (Å²) in [6.45, 7) is 9.42. The smallest absolute Gasteiger partial charge is 0.0134 e.